The molecule has 0 saturated heterocycles. The smallest absolute Gasteiger partial charge is 0.231 e. The average Bonchev–Trinajstić information content (AvgIpc) is 2.27. The fraction of sp³-hybridized carbons (Fsp3) is 0.462. The molecule has 2 unspecified atom stereocenters. The molecule has 4 nitrogen and oxygen atoms in total. The van der Waals surface area contributed by atoms with Gasteiger partial charge in [-0.15, -0.1) is 0 Å². The Morgan fingerprint density at radius 1 is 1.50 bits per heavy atom. The Hall–Kier alpha value is -1.10. The lowest BCUT2D eigenvalue weighted by Gasteiger charge is -2.33. The van der Waals surface area contributed by atoms with Crippen molar-refractivity contribution >= 4 is 17.5 Å². The van der Waals surface area contributed by atoms with E-state index in [1.165, 1.54) is 0 Å². The first-order valence-corrected chi connectivity index (χ1v) is 6.37. The first-order chi connectivity index (χ1) is 8.45. The zero-order valence-electron chi connectivity index (χ0n) is 10.8. The van der Waals surface area contributed by atoms with Crippen LogP contribution in [0, 0.1) is 0 Å². The van der Waals surface area contributed by atoms with E-state index in [1.807, 2.05) is 43.0 Å². The monoisotopic (exact) mass is 269 g/mol. The zero-order valence-corrected chi connectivity index (χ0v) is 11.5. The molecular formula is C13H20ClN3O. The van der Waals surface area contributed by atoms with Gasteiger partial charge in [-0.1, -0.05) is 30.7 Å². The molecule has 18 heavy (non-hydrogen) atoms. The van der Waals surface area contributed by atoms with Crippen LogP contribution in [-0.2, 0) is 4.79 Å². The van der Waals surface area contributed by atoms with Crippen molar-refractivity contribution in [2.75, 3.05) is 13.1 Å². The maximum absolute atomic E-state index is 11.1. The second kappa shape index (κ2) is 6.73. The molecule has 100 valence electrons. The van der Waals surface area contributed by atoms with E-state index in [1.54, 1.807) is 0 Å². The Morgan fingerprint density at radius 2 is 2.17 bits per heavy atom. The van der Waals surface area contributed by atoms with Gasteiger partial charge in [0.25, 0.3) is 0 Å². The normalized spacial score (nSPS) is 14.5. The van der Waals surface area contributed by atoms with Gasteiger partial charge in [-0.25, -0.2) is 0 Å². The Labute approximate surface area is 113 Å². The lowest BCUT2D eigenvalue weighted by Crippen LogP contribution is -2.43. The van der Waals surface area contributed by atoms with Crippen LogP contribution < -0.4 is 11.5 Å². The highest BCUT2D eigenvalue weighted by molar-refractivity contribution is 6.30. The van der Waals surface area contributed by atoms with Gasteiger partial charge in [-0.05, 0) is 31.2 Å². The minimum absolute atomic E-state index is 0.0683. The summed E-state index contributed by atoms with van der Waals surface area (Å²) >= 11 is 6.00. The number of carbonyl (C=O) groups is 1. The summed E-state index contributed by atoms with van der Waals surface area (Å²) in [6.07, 6.45) is 0. The largest absolute Gasteiger partial charge is 0.369 e. The lowest BCUT2D eigenvalue weighted by molar-refractivity contribution is -0.119. The maximum Gasteiger partial charge on any atom is 0.231 e. The number of rotatable bonds is 6. The summed E-state index contributed by atoms with van der Waals surface area (Å²) in [4.78, 5) is 13.1. The molecule has 1 amide bonds. The summed E-state index contributed by atoms with van der Waals surface area (Å²) in [7, 11) is 0. The summed E-state index contributed by atoms with van der Waals surface area (Å²) in [5.41, 5.74) is 12.3. The summed E-state index contributed by atoms with van der Waals surface area (Å²) in [6, 6.07) is 7.34. The SMILES string of the molecule is CCN(CC(N)=O)C(c1cccc(Cl)c1)C(C)N. The molecule has 0 radical (unpaired) electrons. The average molecular weight is 270 g/mol. The second-order valence-electron chi connectivity index (χ2n) is 4.39. The topological polar surface area (TPSA) is 72.3 Å². The minimum Gasteiger partial charge on any atom is -0.369 e. The molecule has 0 fully saturated rings. The van der Waals surface area contributed by atoms with Crippen molar-refractivity contribution in [1.82, 2.24) is 4.90 Å². The van der Waals surface area contributed by atoms with Crippen LogP contribution in [0.2, 0.25) is 5.02 Å². The fourth-order valence-electron chi connectivity index (χ4n) is 2.14. The quantitative estimate of drug-likeness (QED) is 0.823. The predicted molar refractivity (Wildman–Crippen MR) is 74.3 cm³/mol. The molecule has 0 spiro atoms. The highest BCUT2D eigenvalue weighted by Gasteiger charge is 2.24. The van der Waals surface area contributed by atoms with E-state index in [-0.39, 0.29) is 24.5 Å². The van der Waals surface area contributed by atoms with Crippen LogP contribution in [0.1, 0.15) is 25.5 Å². The number of primary amides is 1. The number of amides is 1. The highest BCUT2D eigenvalue weighted by Crippen LogP contribution is 2.25. The molecule has 0 saturated carbocycles. The lowest BCUT2D eigenvalue weighted by atomic mass is 9.99. The number of benzene rings is 1. The van der Waals surface area contributed by atoms with E-state index in [2.05, 4.69) is 0 Å². The number of nitrogens with two attached hydrogens (primary N) is 2. The highest BCUT2D eigenvalue weighted by atomic mass is 35.5. The van der Waals surface area contributed by atoms with Crippen LogP contribution in [0.5, 0.6) is 0 Å². The molecule has 0 aliphatic carbocycles. The molecule has 0 aliphatic rings. The van der Waals surface area contributed by atoms with Crippen LogP contribution in [-0.4, -0.2) is 29.9 Å². The molecule has 4 N–H and O–H groups in total. The molecule has 2 atom stereocenters. The Morgan fingerprint density at radius 3 is 2.61 bits per heavy atom. The minimum atomic E-state index is -0.357. The molecular weight excluding hydrogens is 250 g/mol. The molecule has 5 heteroatoms. The summed E-state index contributed by atoms with van der Waals surface area (Å²) in [6.45, 7) is 4.77. The molecule has 0 aliphatic heterocycles. The van der Waals surface area contributed by atoms with E-state index in [4.69, 9.17) is 23.1 Å². The third-order valence-electron chi connectivity index (χ3n) is 2.85. The predicted octanol–water partition coefficient (Wildman–Crippen LogP) is 1.54. The van der Waals surface area contributed by atoms with Gasteiger partial charge in [-0.3, -0.25) is 9.69 Å². The maximum atomic E-state index is 11.1. The van der Waals surface area contributed by atoms with Gasteiger partial charge in [-0.2, -0.15) is 0 Å². The van der Waals surface area contributed by atoms with Crippen molar-refractivity contribution in [2.24, 2.45) is 11.5 Å². The summed E-state index contributed by atoms with van der Waals surface area (Å²) < 4.78 is 0. The third-order valence-corrected chi connectivity index (χ3v) is 3.08. The van der Waals surface area contributed by atoms with Crippen molar-refractivity contribution in [2.45, 2.75) is 25.9 Å². The molecule has 0 heterocycles. The molecule has 1 aromatic rings. The van der Waals surface area contributed by atoms with Crippen molar-refractivity contribution in [1.29, 1.82) is 0 Å². The van der Waals surface area contributed by atoms with Gasteiger partial charge in [0.2, 0.25) is 5.91 Å². The molecule has 0 bridgehead atoms. The number of halogens is 1. The van der Waals surface area contributed by atoms with Gasteiger partial charge in [0.1, 0.15) is 0 Å². The number of likely N-dealkylation sites (N-methyl/N-ethyl adjacent to an activating group) is 1. The van der Waals surface area contributed by atoms with Crippen molar-refractivity contribution in [3.8, 4) is 0 Å². The van der Waals surface area contributed by atoms with E-state index >= 15 is 0 Å². The van der Waals surface area contributed by atoms with E-state index in [0.29, 0.717) is 11.6 Å². The van der Waals surface area contributed by atoms with Gasteiger partial charge in [0, 0.05) is 11.1 Å². The Bertz CT molecular complexity index is 409. The first-order valence-electron chi connectivity index (χ1n) is 5.99. The van der Waals surface area contributed by atoms with Crippen molar-refractivity contribution in [3.05, 3.63) is 34.9 Å². The fourth-order valence-corrected chi connectivity index (χ4v) is 2.34. The molecule has 0 aromatic heterocycles. The number of hydrogen-bond acceptors (Lipinski definition) is 3. The summed E-state index contributed by atoms with van der Waals surface area (Å²) in [5.74, 6) is -0.357. The number of hydrogen-bond donors (Lipinski definition) is 2. The standard InChI is InChI=1S/C13H20ClN3O/c1-3-17(8-12(16)18)13(9(2)15)10-5-4-6-11(14)7-10/h4-7,9,13H,3,8,15H2,1-2H3,(H2,16,18). The number of nitrogens with zero attached hydrogens (tertiary/aromatic N) is 1. The van der Waals surface area contributed by atoms with E-state index in [9.17, 15) is 4.79 Å². The van der Waals surface area contributed by atoms with Crippen LogP contribution in [0.15, 0.2) is 24.3 Å². The van der Waals surface area contributed by atoms with Gasteiger partial charge in [0.05, 0.1) is 12.6 Å². The van der Waals surface area contributed by atoms with Gasteiger partial charge in [0.15, 0.2) is 0 Å². The van der Waals surface area contributed by atoms with Crippen LogP contribution in [0.25, 0.3) is 0 Å². The van der Waals surface area contributed by atoms with Crippen molar-refractivity contribution < 1.29 is 4.79 Å². The van der Waals surface area contributed by atoms with Crippen LogP contribution in [0.3, 0.4) is 0 Å². The van der Waals surface area contributed by atoms with Crippen LogP contribution >= 0.6 is 11.6 Å². The van der Waals surface area contributed by atoms with Gasteiger partial charge < -0.3 is 11.5 Å². The Balaban J connectivity index is 3.04. The number of carbonyl (C=O) groups excluding carboxylic acids is 1. The van der Waals surface area contributed by atoms with Crippen LogP contribution in [0.4, 0.5) is 0 Å². The molecule has 1 aromatic carbocycles. The van der Waals surface area contributed by atoms with Crippen molar-refractivity contribution in [3.63, 3.8) is 0 Å². The van der Waals surface area contributed by atoms with E-state index < -0.39 is 0 Å². The summed E-state index contributed by atoms with van der Waals surface area (Å²) in [5, 5.41) is 0.660. The first kappa shape index (κ1) is 15.0. The third kappa shape index (κ3) is 3.98. The molecule has 1 rings (SSSR count). The second-order valence-corrected chi connectivity index (χ2v) is 4.82. The Kier molecular flexibility index (Phi) is 5.59. The van der Waals surface area contributed by atoms with E-state index in [0.717, 1.165) is 5.56 Å². The van der Waals surface area contributed by atoms with Gasteiger partial charge >= 0.3 is 0 Å². The zero-order chi connectivity index (χ0) is 13.7.